The summed E-state index contributed by atoms with van der Waals surface area (Å²) in [7, 11) is 0. The highest BCUT2D eigenvalue weighted by molar-refractivity contribution is 6.26. The lowest BCUT2D eigenvalue weighted by Gasteiger charge is -2.35. The Labute approximate surface area is 175 Å². The van der Waals surface area contributed by atoms with Crippen LogP contribution in [0.1, 0.15) is 40.1 Å². The first kappa shape index (κ1) is 19.8. The molecule has 1 heterocycles. The van der Waals surface area contributed by atoms with Gasteiger partial charge in [-0.2, -0.15) is 0 Å². The van der Waals surface area contributed by atoms with Gasteiger partial charge in [0.2, 0.25) is 5.91 Å². The maximum atomic E-state index is 13.5. The number of benzene rings is 3. The van der Waals surface area contributed by atoms with Crippen molar-refractivity contribution in [3.05, 3.63) is 83.4 Å². The summed E-state index contributed by atoms with van der Waals surface area (Å²) in [4.78, 5) is 43.2. The molecule has 0 radical (unpaired) electrons. The molecule has 1 aliphatic heterocycles. The van der Waals surface area contributed by atoms with Gasteiger partial charge >= 0.3 is 0 Å². The number of likely N-dealkylation sites (N-methyl/N-ethyl adjacent to an activating group) is 1. The van der Waals surface area contributed by atoms with Crippen molar-refractivity contribution in [1.29, 1.82) is 0 Å². The summed E-state index contributed by atoms with van der Waals surface area (Å²) in [5.74, 6) is -1.03. The molecule has 0 spiro atoms. The Morgan fingerprint density at radius 2 is 1.40 bits per heavy atom. The van der Waals surface area contributed by atoms with Crippen LogP contribution < -0.4 is 0 Å². The van der Waals surface area contributed by atoms with Gasteiger partial charge in [0.25, 0.3) is 11.8 Å². The second kappa shape index (κ2) is 8.11. The number of amides is 3. The van der Waals surface area contributed by atoms with E-state index in [1.54, 1.807) is 17.0 Å². The van der Waals surface area contributed by atoms with Crippen LogP contribution in [0.15, 0.2) is 66.7 Å². The molecular weight excluding hydrogens is 376 g/mol. The second-order valence-electron chi connectivity index (χ2n) is 7.41. The fourth-order valence-corrected chi connectivity index (χ4v) is 4.20. The summed E-state index contributed by atoms with van der Waals surface area (Å²) in [6, 6.07) is 19.5. The third-order valence-corrected chi connectivity index (χ3v) is 5.75. The third-order valence-electron chi connectivity index (χ3n) is 5.75. The monoisotopic (exact) mass is 400 g/mol. The minimum Gasteiger partial charge on any atom is -0.341 e. The van der Waals surface area contributed by atoms with Crippen LogP contribution in [-0.4, -0.2) is 46.7 Å². The number of nitrogens with zero attached hydrogens (tertiary/aromatic N) is 2. The minimum atomic E-state index is -0.893. The lowest BCUT2D eigenvalue weighted by Crippen LogP contribution is -2.55. The summed E-state index contributed by atoms with van der Waals surface area (Å²) >= 11 is 0. The van der Waals surface area contributed by atoms with E-state index in [2.05, 4.69) is 0 Å². The van der Waals surface area contributed by atoms with E-state index in [1.165, 1.54) is 4.90 Å². The minimum absolute atomic E-state index is 0.211. The van der Waals surface area contributed by atoms with Crippen molar-refractivity contribution in [1.82, 2.24) is 9.80 Å². The summed E-state index contributed by atoms with van der Waals surface area (Å²) in [5.41, 5.74) is 1.84. The first-order valence-electron chi connectivity index (χ1n) is 10.3. The van der Waals surface area contributed by atoms with Gasteiger partial charge in [-0.1, -0.05) is 54.6 Å². The maximum Gasteiger partial charge on any atom is 0.262 e. The molecule has 1 atom stereocenters. The first-order valence-corrected chi connectivity index (χ1v) is 10.3. The Morgan fingerprint density at radius 1 is 0.833 bits per heavy atom. The molecule has 3 aromatic carbocycles. The molecule has 0 saturated heterocycles. The van der Waals surface area contributed by atoms with E-state index in [0.29, 0.717) is 29.6 Å². The predicted octanol–water partition coefficient (Wildman–Crippen LogP) is 3.92. The molecule has 0 unspecified atom stereocenters. The molecule has 152 valence electrons. The van der Waals surface area contributed by atoms with Crippen molar-refractivity contribution in [2.45, 2.75) is 26.3 Å². The van der Waals surface area contributed by atoms with Gasteiger partial charge in [0.15, 0.2) is 0 Å². The van der Waals surface area contributed by atoms with E-state index in [4.69, 9.17) is 0 Å². The fourth-order valence-electron chi connectivity index (χ4n) is 4.20. The van der Waals surface area contributed by atoms with Gasteiger partial charge in [-0.15, -0.1) is 0 Å². The molecule has 0 bridgehead atoms. The number of imide groups is 1. The molecule has 0 saturated carbocycles. The molecule has 5 heteroatoms. The lowest BCUT2D eigenvalue weighted by molar-refractivity contribution is -0.135. The van der Waals surface area contributed by atoms with Crippen LogP contribution in [0, 0.1) is 0 Å². The quantitative estimate of drug-likeness (QED) is 0.590. The molecule has 30 heavy (non-hydrogen) atoms. The van der Waals surface area contributed by atoms with Gasteiger partial charge in [0, 0.05) is 36.0 Å². The topological polar surface area (TPSA) is 57.7 Å². The molecular formula is C25H24N2O3. The van der Waals surface area contributed by atoms with Gasteiger partial charge in [-0.3, -0.25) is 19.3 Å². The summed E-state index contributed by atoms with van der Waals surface area (Å²) in [6.45, 7) is 4.83. The van der Waals surface area contributed by atoms with E-state index in [1.807, 2.05) is 68.4 Å². The number of hydrogen-bond acceptors (Lipinski definition) is 3. The van der Waals surface area contributed by atoms with Crippen LogP contribution in [0.25, 0.3) is 10.8 Å². The smallest absolute Gasteiger partial charge is 0.262 e. The van der Waals surface area contributed by atoms with Crippen LogP contribution >= 0.6 is 0 Å². The van der Waals surface area contributed by atoms with E-state index in [9.17, 15) is 14.4 Å². The van der Waals surface area contributed by atoms with Gasteiger partial charge < -0.3 is 4.90 Å². The fraction of sp³-hybridized carbons (Fsp3) is 0.240. The Hall–Kier alpha value is -3.47. The molecule has 3 aromatic rings. The highest BCUT2D eigenvalue weighted by Crippen LogP contribution is 2.32. The summed E-state index contributed by atoms with van der Waals surface area (Å²) < 4.78 is 0. The Kier molecular flexibility index (Phi) is 5.36. The molecule has 0 fully saturated rings. The number of rotatable bonds is 6. The molecule has 4 rings (SSSR count). The molecule has 1 aliphatic rings. The van der Waals surface area contributed by atoms with Crippen LogP contribution in [-0.2, 0) is 11.2 Å². The maximum absolute atomic E-state index is 13.5. The van der Waals surface area contributed by atoms with Gasteiger partial charge in [-0.05, 0) is 36.9 Å². The van der Waals surface area contributed by atoms with Crippen LogP contribution in [0.3, 0.4) is 0 Å². The molecule has 0 aromatic heterocycles. The van der Waals surface area contributed by atoms with Gasteiger partial charge in [0.1, 0.15) is 6.04 Å². The van der Waals surface area contributed by atoms with Crippen LogP contribution in [0.4, 0.5) is 0 Å². The molecule has 0 aliphatic carbocycles. The largest absolute Gasteiger partial charge is 0.341 e. The highest BCUT2D eigenvalue weighted by Gasteiger charge is 2.41. The van der Waals surface area contributed by atoms with Crippen molar-refractivity contribution in [3.63, 3.8) is 0 Å². The predicted molar refractivity (Wildman–Crippen MR) is 116 cm³/mol. The molecule has 5 nitrogen and oxygen atoms in total. The Bertz CT molecular complexity index is 1070. The average molecular weight is 400 g/mol. The summed E-state index contributed by atoms with van der Waals surface area (Å²) in [5, 5.41) is 1.51. The first-order chi connectivity index (χ1) is 14.6. The zero-order valence-electron chi connectivity index (χ0n) is 17.2. The van der Waals surface area contributed by atoms with Crippen LogP contribution in [0.5, 0.6) is 0 Å². The van der Waals surface area contributed by atoms with Crippen molar-refractivity contribution in [2.24, 2.45) is 0 Å². The highest BCUT2D eigenvalue weighted by atomic mass is 16.2. The zero-order valence-corrected chi connectivity index (χ0v) is 17.2. The zero-order chi connectivity index (χ0) is 21.3. The van der Waals surface area contributed by atoms with Crippen LogP contribution in [0.2, 0.25) is 0 Å². The van der Waals surface area contributed by atoms with Gasteiger partial charge in [-0.25, -0.2) is 0 Å². The van der Waals surface area contributed by atoms with Crippen molar-refractivity contribution in [2.75, 3.05) is 13.1 Å². The normalized spacial score (nSPS) is 14.1. The SMILES string of the molecule is CCN(CC)C(=O)[C@@H](Cc1ccccc1)N1C(=O)c2cccc3cccc(c23)C1=O. The number of hydrogen-bond donors (Lipinski definition) is 0. The molecule has 3 amide bonds. The van der Waals surface area contributed by atoms with E-state index in [0.717, 1.165) is 10.9 Å². The van der Waals surface area contributed by atoms with Crippen molar-refractivity contribution < 1.29 is 14.4 Å². The molecule has 0 N–H and O–H groups in total. The van der Waals surface area contributed by atoms with E-state index < -0.39 is 17.9 Å². The van der Waals surface area contributed by atoms with Crippen molar-refractivity contribution in [3.8, 4) is 0 Å². The third kappa shape index (κ3) is 3.26. The van der Waals surface area contributed by atoms with E-state index in [-0.39, 0.29) is 12.3 Å². The van der Waals surface area contributed by atoms with Gasteiger partial charge in [0.05, 0.1) is 0 Å². The number of carbonyl (C=O) groups excluding carboxylic acids is 3. The van der Waals surface area contributed by atoms with Crippen molar-refractivity contribution >= 4 is 28.5 Å². The lowest BCUT2D eigenvalue weighted by atomic mass is 9.91. The average Bonchev–Trinajstić information content (AvgIpc) is 2.78. The Morgan fingerprint density at radius 3 is 1.93 bits per heavy atom. The second-order valence-corrected chi connectivity index (χ2v) is 7.41. The Balaban J connectivity index is 1.83. The van der Waals surface area contributed by atoms with E-state index >= 15 is 0 Å². The summed E-state index contributed by atoms with van der Waals surface area (Å²) in [6.07, 6.45) is 0.284. The standard InChI is InChI=1S/C25H24N2O3/c1-3-26(4-2)25(30)21(16-17-10-6-5-7-11-17)27-23(28)19-14-8-12-18-13-9-15-20(22(18)19)24(27)29/h5-15,21H,3-4,16H2,1-2H3/t21-/m1/s1. The number of carbonyl (C=O) groups is 3.